The second-order valence-corrected chi connectivity index (χ2v) is 3.30. The summed E-state index contributed by atoms with van der Waals surface area (Å²) < 4.78 is 1.86. The first-order valence-electron chi connectivity index (χ1n) is 4.78. The maximum atomic E-state index is 4.09. The SMILES string of the molecule is Cn1nccc1CNCc1cncnc1. The molecule has 1 N–H and O–H groups in total. The third-order valence-electron chi connectivity index (χ3n) is 2.17. The summed E-state index contributed by atoms with van der Waals surface area (Å²) in [5, 5.41) is 7.40. The normalized spacial score (nSPS) is 10.5. The first-order chi connectivity index (χ1) is 7.36. The van der Waals surface area contributed by atoms with Gasteiger partial charge in [0, 0.05) is 44.3 Å². The van der Waals surface area contributed by atoms with Crippen molar-refractivity contribution in [3.8, 4) is 0 Å². The molecule has 0 saturated heterocycles. The second-order valence-electron chi connectivity index (χ2n) is 3.30. The minimum atomic E-state index is 0.770. The van der Waals surface area contributed by atoms with Crippen LogP contribution in [0.15, 0.2) is 31.0 Å². The van der Waals surface area contributed by atoms with E-state index in [9.17, 15) is 0 Å². The van der Waals surface area contributed by atoms with Gasteiger partial charge >= 0.3 is 0 Å². The number of aryl methyl sites for hydroxylation is 1. The number of rotatable bonds is 4. The van der Waals surface area contributed by atoms with Crippen LogP contribution in [0.4, 0.5) is 0 Å². The molecule has 2 aromatic rings. The van der Waals surface area contributed by atoms with Crippen LogP contribution in [-0.2, 0) is 20.1 Å². The molecule has 0 fully saturated rings. The smallest absolute Gasteiger partial charge is 0.115 e. The molecule has 2 aromatic heterocycles. The van der Waals surface area contributed by atoms with Gasteiger partial charge < -0.3 is 5.32 Å². The standard InChI is InChI=1S/C10H13N5/c1-15-10(2-3-14-15)7-11-4-9-5-12-8-13-6-9/h2-3,5-6,8,11H,4,7H2,1H3. The molecule has 0 atom stereocenters. The molecule has 0 amide bonds. The minimum absolute atomic E-state index is 0.770. The molecule has 0 unspecified atom stereocenters. The minimum Gasteiger partial charge on any atom is -0.307 e. The summed E-state index contributed by atoms with van der Waals surface area (Å²) in [5.41, 5.74) is 2.24. The Morgan fingerprint density at radius 1 is 1.27 bits per heavy atom. The highest BCUT2D eigenvalue weighted by atomic mass is 15.3. The summed E-state index contributed by atoms with van der Waals surface area (Å²) in [6, 6.07) is 1.99. The Labute approximate surface area is 88.2 Å². The quantitative estimate of drug-likeness (QED) is 0.786. The number of aromatic nitrogens is 4. The van der Waals surface area contributed by atoms with Crippen LogP contribution < -0.4 is 5.32 Å². The van der Waals surface area contributed by atoms with Crippen LogP contribution in [0.1, 0.15) is 11.3 Å². The van der Waals surface area contributed by atoms with Gasteiger partial charge in [-0.15, -0.1) is 0 Å². The van der Waals surface area contributed by atoms with E-state index >= 15 is 0 Å². The van der Waals surface area contributed by atoms with Gasteiger partial charge in [-0.2, -0.15) is 5.10 Å². The molecular formula is C10H13N5. The zero-order valence-corrected chi connectivity index (χ0v) is 8.59. The van der Waals surface area contributed by atoms with Crippen molar-refractivity contribution in [1.29, 1.82) is 0 Å². The number of hydrogen-bond acceptors (Lipinski definition) is 4. The topological polar surface area (TPSA) is 55.6 Å². The zero-order chi connectivity index (χ0) is 10.5. The molecule has 2 heterocycles. The van der Waals surface area contributed by atoms with Gasteiger partial charge in [-0.3, -0.25) is 4.68 Å². The van der Waals surface area contributed by atoms with Crippen molar-refractivity contribution in [3.63, 3.8) is 0 Å². The molecule has 0 aliphatic rings. The van der Waals surface area contributed by atoms with E-state index in [1.165, 1.54) is 6.33 Å². The monoisotopic (exact) mass is 203 g/mol. The Morgan fingerprint density at radius 3 is 2.73 bits per heavy atom. The average molecular weight is 203 g/mol. The lowest BCUT2D eigenvalue weighted by Crippen LogP contribution is -2.15. The maximum absolute atomic E-state index is 4.09. The lowest BCUT2D eigenvalue weighted by Gasteiger charge is -2.04. The number of hydrogen-bond donors (Lipinski definition) is 1. The summed E-state index contributed by atoms with van der Waals surface area (Å²) >= 11 is 0. The van der Waals surface area contributed by atoms with E-state index in [1.54, 1.807) is 6.20 Å². The number of nitrogens with one attached hydrogen (secondary N) is 1. The van der Waals surface area contributed by atoms with E-state index in [1.807, 2.05) is 30.2 Å². The van der Waals surface area contributed by atoms with Crippen molar-refractivity contribution in [1.82, 2.24) is 25.1 Å². The van der Waals surface area contributed by atoms with Crippen LogP contribution in [0.2, 0.25) is 0 Å². The van der Waals surface area contributed by atoms with Crippen LogP contribution in [0.25, 0.3) is 0 Å². The highest BCUT2D eigenvalue weighted by Crippen LogP contribution is 1.97. The van der Waals surface area contributed by atoms with Gasteiger partial charge in [0.05, 0.1) is 5.69 Å². The summed E-state index contributed by atoms with van der Waals surface area (Å²) in [6.07, 6.45) is 6.94. The predicted octanol–water partition coefficient (Wildman–Crippen LogP) is 0.500. The van der Waals surface area contributed by atoms with E-state index in [0.29, 0.717) is 0 Å². The fraction of sp³-hybridized carbons (Fsp3) is 0.300. The first kappa shape index (κ1) is 9.79. The van der Waals surface area contributed by atoms with Crippen molar-refractivity contribution < 1.29 is 0 Å². The van der Waals surface area contributed by atoms with Crippen molar-refractivity contribution >= 4 is 0 Å². The van der Waals surface area contributed by atoms with Gasteiger partial charge in [-0.05, 0) is 6.07 Å². The zero-order valence-electron chi connectivity index (χ0n) is 8.59. The van der Waals surface area contributed by atoms with E-state index in [2.05, 4.69) is 20.4 Å². The molecule has 0 aromatic carbocycles. The van der Waals surface area contributed by atoms with Crippen LogP contribution in [0.3, 0.4) is 0 Å². The summed E-state index contributed by atoms with van der Waals surface area (Å²) in [4.78, 5) is 7.90. The van der Waals surface area contributed by atoms with E-state index < -0.39 is 0 Å². The maximum Gasteiger partial charge on any atom is 0.115 e. The van der Waals surface area contributed by atoms with Gasteiger partial charge in [0.25, 0.3) is 0 Å². The van der Waals surface area contributed by atoms with Gasteiger partial charge in [0.15, 0.2) is 0 Å². The molecular weight excluding hydrogens is 190 g/mol. The van der Waals surface area contributed by atoms with Gasteiger partial charge in [-0.1, -0.05) is 0 Å². The number of nitrogens with zero attached hydrogens (tertiary/aromatic N) is 4. The molecule has 0 spiro atoms. The molecule has 15 heavy (non-hydrogen) atoms. The van der Waals surface area contributed by atoms with Crippen LogP contribution in [0.5, 0.6) is 0 Å². The highest BCUT2D eigenvalue weighted by molar-refractivity contribution is 5.03. The predicted molar refractivity (Wildman–Crippen MR) is 55.8 cm³/mol. The molecule has 2 rings (SSSR count). The highest BCUT2D eigenvalue weighted by Gasteiger charge is 1.97. The Balaban J connectivity index is 1.83. The third kappa shape index (κ3) is 2.60. The fourth-order valence-electron chi connectivity index (χ4n) is 1.33. The van der Waals surface area contributed by atoms with E-state index in [-0.39, 0.29) is 0 Å². The molecule has 0 bridgehead atoms. The summed E-state index contributed by atoms with van der Waals surface area (Å²) in [7, 11) is 1.93. The molecule has 0 radical (unpaired) electrons. The van der Waals surface area contributed by atoms with Crippen LogP contribution >= 0.6 is 0 Å². The van der Waals surface area contributed by atoms with Crippen molar-refractivity contribution in [2.24, 2.45) is 7.05 Å². The molecule has 78 valence electrons. The second kappa shape index (κ2) is 4.65. The van der Waals surface area contributed by atoms with Gasteiger partial charge in [0.2, 0.25) is 0 Å². The average Bonchev–Trinajstić information content (AvgIpc) is 2.66. The Bertz CT molecular complexity index is 409. The van der Waals surface area contributed by atoms with Crippen LogP contribution in [0, 0.1) is 0 Å². The molecule has 0 aliphatic carbocycles. The first-order valence-corrected chi connectivity index (χ1v) is 4.78. The fourth-order valence-corrected chi connectivity index (χ4v) is 1.33. The molecule has 5 nitrogen and oxygen atoms in total. The lowest BCUT2D eigenvalue weighted by molar-refractivity contribution is 0.624. The Morgan fingerprint density at radius 2 is 2.07 bits per heavy atom. The lowest BCUT2D eigenvalue weighted by atomic mass is 10.3. The van der Waals surface area contributed by atoms with Crippen molar-refractivity contribution in [2.45, 2.75) is 13.1 Å². The largest absolute Gasteiger partial charge is 0.307 e. The van der Waals surface area contributed by atoms with Gasteiger partial charge in [0.1, 0.15) is 6.33 Å². The summed E-state index contributed by atoms with van der Waals surface area (Å²) in [6.45, 7) is 1.57. The summed E-state index contributed by atoms with van der Waals surface area (Å²) in [5.74, 6) is 0. The Kier molecular flexibility index (Phi) is 3.04. The van der Waals surface area contributed by atoms with Crippen molar-refractivity contribution in [2.75, 3.05) is 0 Å². The van der Waals surface area contributed by atoms with Gasteiger partial charge in [-0.25, -0.2) is 9.97 Å². The molecule has 5 heteroatoms. The van der Waals surface area contributed by atoms with E-state index in [0.717, 1.165) is 24.3 Å². The molecule has 0 aliphatic heterocycles. The molecule has 0 saturated carbocycles. The van der Waals surface area contributed by atoms with Crippen molar-refractivity contribution in [3.05, 3.63) is 42.2 Å². The van der Waals surface area contributed by atoms with E-state index in [4.69, 9.17) is 0 Å². The Hall–Kier alpha value is -1.75. The van der Waals surface area contributed by atoms with Crippen LogP contribution in [-0.4, -0.2) is 19.7 Å². The third-order valence-corrected chi connectivity index (χ3v) is 2.17.